The van der Waals surface area contributed by atoms with Crippen LogP contribution in [-0.4, -0.2) is 55.1 Å². The van der Waals surface area contributed by atoms with Crippen molar-refractivity contribution in [1.29, 1.82) is 0 Å². The molecule has 0 heterocycles. The van der Waals surface area contributed by atoms with E-state index in [1.165, 1.54) is 18.4 Å². The molecule has 9 heteroatoms. The van der Waals surface area contributed by atoms with Gasteiger partial charge in [0.2, 0.25) is 21.8 Å². The SMILES string of the molecule is CC(C(=O)NC1CCCCC1)N(Cc1cccc(Cl)c1)C(=O)CN(C)S(=O)(=O)c1ccc2ccccc2c1. The first-order valence-electron chi connectivity index (χ1n) is 12.9. The summed E-state index contributed by atoms with van der Waals surface area (Å²) in [6, 6.07) is 18.8. The van der Waals surface area contributed by atoms with E-state index in [0.29, 0.717) is 5.02 Å². The summed E-state index contributed by atoms with van der Waals surface area (Å²) in [5.41, 5.74) is 0.753. The molecule has 38 heavy (non-hydrogen) atoms. The van der Waals surface area contributed by atoms with Crippen molar-refractivity contribution in [3.05, 3.63) is 77.3 Å². The second-order valence-electron chi connectivity index (χ2n) is 9.94. The number of likely N-dealkylation sites (N-methyl/N-ethyl adjacent to an activating group) is 1. The van der Waals surface area contributed by atoms with E-state index in [-0.39, 0.29) is 23.4 Å². The zero-order valence-corrected chi connectivity index (χ0v) is 23.3. The quantitative estimate of drug-likeness (QED) is 0.403. The van der Waals surface area contributed by atoms with Crippen LogP contribution >= 0.6 is 11.6 Å². The summed E-state index contributed by atoms with van der Waals surface area (Å²) in [6.45, 7) is 1.40. The molecule has 1 fully saturated rings. The van der Waals surface area contributed by atoms with Crippen molar-refractivity contribution in [2.45, 2.75) is 62.6 Å². The molecule has 0 aliphatic heterocycles. The van der Waals surface area contributed by atoms with Crippen LogP contribution in [0.25, 0.3) is 10.8 Å². The number of sulfonamides is 1. The second-order valence-corrected chi connectivity index (χ2v) is 12.4. The molecule has 1 unspecified atom stereocenters. The van der Waals surface area contributed by atoms with E-state index in [1.54, 1.807) is 43.3 Å². The molecule has 0 aromatic heterocycles. The van der Waals surface area contributed by atoms with E-state index in [1.807, 2.05) is 30.3 Å². The number of hydrogen-bond acceptors (Lipinski definition) is 4. The van der Waals surface area contributed by atoms with Crippen molar-refractivity contribution in [2.24, 2.45) is 0 Å². The van der Waals surface area contributed by atoms with E-state index < -0.39 is 28.5 Å². The molecule has 7 nitrogen and oxygen atoms in total. The smallest absolute Gasteiger partial charge is 0.243 e. The Hall–Kier alpha value is -2.94. The van der Waals surface area contributed by atoms with Crippen molar-refractivity contribution < 1.29 is 18.0 Å². The number of fused-ring (bicyclic) bond motifs is 1. The maximum absolute atomic E-state index is 13.6. The minimum atomic E-state index is -3.94. The van der Waals surface area contributed by atoms with Gasteiger partial charge in [0.25, 0.3) is 0 Å². The Labute approximate surface area is 229 Å². The second kappa shape index (κ2) is 12.3. The van der Waals surface area contributed by atoms with Gasteiger partial charge in [-0.1, -0.05) is 73.3 Å². The summed E-state index contributed by atoms with van der Waals surface area (Å²) in [4.78, 5) is 28.3. The highest BCUT2D eigenvalue weighted by Crippen LogP contribution is 2.22. The van der Waals surface area contributed by atoms with Crippen molar-refractivity contribution in [1.82, 2.24) is 14.5 Å². The molecule has 1 N–H and O–H groups in total. The van der Waals surface area contributed by atoms with Gasteiger partial charge in [-0.2, -0.15) is 4.31 Å². The first kappa shape index (κ1) is 28.1. The lowest BCUT2D eigenvalue weighted by atomic mass is 9.95. The fourth-order valence-electron chi connectivity index (χ4n) is 4.86. The molecule has 0 saturated heterocycles. The third kappa shape index (κ3) is 6.73. The molecule has 1 saturated carbocycles. The molecule has 4 rings (SSSR count). The van der Waals surface area contributed by atoms with Gasteiger partial charge in [0.05, 0.1) is 11.4 Å². The summed E-state index contributed by atoms with van der Waals surface area (Å²) < 4.78 is 27.8. The summed E-state index contributed by atoms with van der Waals surface area (Å²) in [5.74, 6) is -0.713. The van der Waals surface area contributed by atoms with Gasteiger partial charge in [-0.05, 0) is 60.4 Å². The lowest BCUT2D eigenvalue weighted by molar-refractivity contribution is -0.141. The van der Waals surface area contributed by atoms with Gasteiger partial charge in [0.15, 0.2) is 0 Å². The van der Waals surface area contributed by atoms with E-state index in [9.17, 15) is 18.0 Å². The number of amides is 2. The van der Waals surface area contributed by atoms with Crippen molar-refractivity contribution in [3.63, 3.8) is 0 Å². The topological polar surface area (TPSA) is 86.8 Å². The molecule has 3 aromatic carbocycles. The van der Waals surface area contributed by atoms with Crippen LogP contribution in [0.3, 0.4) is 0 Å². The highest BCUT2D eigenvalue weighted by Gasteiger charge is 2.31. The fraction of sp³-hybridized carbons (Fsp3) is 0.379. The summed E-state index contributed by atoms with van der Waals surface area (Å²) >= 11 is 6.16. The molecular formula is C29H34ClN3O4S. The number of carbonyl (C=O) groups excluding carboxylic acids is 2. The summed E-state index contributed by atoms with van der Waals surface area (Å²) in [6.07, 6.45) is 5.16. The number of benzene rings is 3. The van der Waals surface area contributed by atoms with Crippen LogP contribution in [-0.2, 0) is 26.2 Å². The van der Waals surface area contributed by atoms with Gasteiger partial charge in [0, 0.05) is 24.7 Å². The Balaban J connectivity index is 1.54. The third-order valence-corrected chi connectivity index (χ3v) is 9.18. The van der Waals surface area contributed by atoms with E-state index in [0.717, 1.165) is 46.3 Å². The van der Waals surface area contributed by atoms with Crippen LogP contribution in [0.15, 0.2) is 71.6 Å². The maximum Gasteiger partial charge on any atom is 0.243 e. The zero-order valence-electron chi connectivity index (χ0n) is 21.8. The Morgan fingerprint density at radius 3 is 2.39 bits per heavy atom. The average Bonchev–Trinajstić information content (AvgIpc) is 2.91. The van der Waals surface area contributed by atoms with Crippen molar-refractivity contribution in [2.75, 3.05) is 13.6 Å². The van der Waals surface area contributed by atoms with Gasteiger partial charge < -0.3 is 10.2 Å². The first-order chi connectivity index (χ1) is 18.1. The van der Waals surface area contributed by atoms with Crippen LogP contribution in [0.2, 0.25) is 5.02 Å². The average molecular weight is 556 g/mol. The molecule has 202 valence electrons. The number of halogens is 1. The van der Waals surface area contributed by atoms with E-state index in [4.69, 9.17) is 11.6 Å². The monoisotopic (exact) mass is 555 g/mol. The minimum absolute atomic E-state index is 0.0952. The van der Waals surface area contributed by atoms with E-state index >= 15 is 0 Å². The lowest BCUT2D eigenvalue weighted by Gasteiger charge is -2.32. The number of nitrogens with zero attached hydrogens (tertiary/aromatic N) is 2. The zero-order chi connectivity index (χ0) is 27.3. The van der Waals surface area contributed by atoms with Crippen molar-refractivity contribution >= 4 is 44.2 Å². The van der Waals surface area contributed by atoms with Gasteiger partial charge in [0.1, 0.15) is 6.04 Å². The molecule has 0 radical (unpaired) electrons. The lowest BCUT2D eigenvalue weighted by Crippen LogP contribution is -2.52. The Morgan fingerprint density at radius 1 is 0.974 bits per heavy atom. The van der Waals surface area contributed by atoms with Gasteiger partial charge in [-0.3, -0.25) is 9.59 Å². The van der Waals surface area contributed by atoms with Crippen LogP contribution in [0.4, 0.5) is 0 Å². The first-order valence-corrected chi connectivity index (χ1v) is 14.8. The van der Waals surface area contributed by atoms with Crippen LogP contribution < -0.4 is 5.32 Å². The third-order valence-electron chi connectivity index (χ3n) is 7.15. The standard InChI is InChI=1S/C29H34ClN3O4S/c1-21(29(35)31-26-13-4-3-5-14-26)33(19-22-9-8-12-25(30)17-22)28(34)20-32(2)38(36,37)27-16-15-23-10-6-7-11-24(23)18-27/h6-12,15-18,21,26H,3-5,13-14,19-20H2,1-2H3,(H,31,35). The van der Waals surface area contributed by atoms with Gasteiger partial charge in [-0.25, -0.2) is 8.42 Å². The fourth-order valence-corrected chi connectivity index (χ4v) is 6.23. The molecule has 3 aromatic rings. The maximum atomic E-state index is 13.6. The summed E-state index contributed by atoms with van der Waals surface area (Å²) in [7, 11) is -2.56. The van der Waals surface area contributed by atoms with Gasteiger partial charge in [-0.15, -0.1) is 0 Å². The molecular weight excluding hydrogens is 522 g/mol. The van der Waals surface area contributed by atoms with Crippen LogP contribution in [0.1, 0.15) is 44.6 Å². The Kier molecular flexibility index (Phi) is 9.07. The molecule has 0 spiro atoms. The molecule has 1 atom stereocenters. The van der Waals surface area contributed by atoms with Gasteiger partial charge >= 0.3 is 0 Å². The molecule has 0 bridgehead atoms. The van der Waals surface area contributed by atoms with Crippen LogP contribution in [0, 0.1) is 0 Å². The van der Waals surface area contributed by atoms with E-state index in [2.05, 4.69) is 5.32 Å². The molecule has 1 aliphatic rings. The molecule has 1 aliphatic carbocycles. The minimum Gasteiger partial charge on any atom is -0.352 e. The largest absolute Gasteiger partial charge is 0.352 e. The summed E-state index contributed by atoms with van der Waals surface area (Å²) in [5, 5.41) is 5.33. The molecule has 2 amide bonds. The number of carbonyl (C=O) groups is 2. The number of nitrogens with one attached hydrogen (secondary N) is 1. The Morgan fingerprint density at radius 2 is 1.68 bits per heavy atom. The number of hydrogen-bond donors (Lipinski definition) is 1. The highest BCUT2D eigenvalue weighted by molar-refractivity contribution is 7.89. The highest BCUT2D eigenvalue weighted by atomic mass is 35.5. The normalized spacial score (nSPS) is 15.4. The number of rotatable bonds is 9. The van der Waals surface area contributed by atoms with Crippen LogP contribution in [0.5, 0.6) is 0 Å². The predicted molar refractivity (Wildman–Crippen MR) is 150 cm³/mol. The predicted octanol–water partition coefficient (Wildman–Crippen LogP) is 4.98. The Bertz CT molecular complexity index is 1410. The van der Waals surface area contributed by atoms with Crippen molar-refractivity contribution in [3.8, 4) is 0 Å².